The molecule has 0 atom stereocenters. The van der Waals surface area contributed by atoms with Crippen molar-refractivity contribution in [3.8, 4) is 5.75 Å². The number of hydrogen-bond acceptors (Lipinski definition) is 2. The molecule has 0 saturated heterocycles. The van der Waals surface area contributed by atoms with Gasteiger partial charge in [-0.25, -0.2) is 0 Å². The largest absolute Gasteiger partial charge is 0.489 e. The van der Waals surface area contributed by atoms with E-state index in [2.05, 4.69) is 32.2 Å². The van der Waals surface area contributed by atoms with Crippen molar-refractivity contribution < 1.29 is 4.74 Å². The van der Waals surface area contributed by atoms with E-state index < -0.39 is 0 Å². The summed E-state index contributed by atoms with van der Waals surface area (Å²) in [5.74, 6) is 1.08. The Hall–Kier alpha value is -1.18. The molecule has 1 heterocycles. The number of nitrogens with one attached hydrogen (secondary N) is 1. The van der Waals surface area contributed by atoms with Crippen LogP contribution in [0.2, 0.25) is 0 Å². The lowest BCUT2D eigenvalue weighted by Crippen LogP contribution is -2.20. The molecular formula is C15H23NO. The Morgan fingerprint density at radius 2 is 2.00 bits per heavy atom. The van der Waals surface area contributed by atoms with E-state index in [1.165, 1.54) is 41.6 Å². The first-order valence-corrected chi connectivity index (χ1v) is 6.80. The lowest BCUT2D eigenvalue weighted by Gasteiger charge is -2.25. The zero-order chi connectivity index (χ0) is 12.3. The van der Waals surface area contributed by atoms with Crippen molar-refractivity contribution in [2.24, 2.45) is 0 Å². The minimum absolute atomic E-state index is 0.784. The van der Waals surface area contributed by atoms with E-state index in [0.717, 1.165) is 25.3 Å². The van der Waals surface area contributed by atoms with Gasteiger partial charge < -0.3 is 10.1 Å². The van der Waals surface area contributed by atoms with Crippen LogP contribution in [0.25, 0.3) is 0 Å². The number of fused-ring (bicyclic) bond motifs is 1. The fraction of sp³-hybridized carbons (Fsp3) is 0.600. The van der Waals surface area contributed by atoms with Crippen LogP contribution in [0, 0.1) is 6.92 Å². The highest BCUT2D eigenvalue weighted by Crippen LogP contribution is 2.36. The highest BCUT2D eigenvalue weighted by atomic mass is 16.5. The zero-order valence-corrected chi connectivity index (χ0v) is 11.2. The van der Waals surface area contributed by atoms with Crippen LogP contribution < -0.4 is 10.1 Å². The Labute approximate surface area is 104 Å². The van der Waals surface area contributed by atoms with Crippen LogP contribution >= 0.6 is 0 Å². The van der Waals surface area contributed by atoms with E-state index >= 15 is 0 Å². The van der Waals surface area contributed by atoms with Gasteiger partial charge in [-0.15, -0.1) is 0 Å². The molecule has 2 heteroatoms. The first kappa shape index (κ1) is 12.3. The van der Waals surface area contributed by atoms with E-state index in [0.29, 0.717) is 0 Å². The quantitative estimate of drug-likeness (QED) is 0.856. The first-order chi connectivity index (χ1) is 8.27. The van der Waals surface area contributed by atoms with Gasteiger partial charge in [0.05, 0.1) is 5.69 Å². The van der Waals surface area contributed by atoms with Gasteiger partial charge in [0, 0.05) is 6.54 Å². The monoisotopic (exact) mass is 233 g/mol. The molecule has 1 aromatic carbocycles. The van der Waals surface area contributed by atoms with Crippen molar-refractivity contribution in [2.75, 3.05) is 18.5 Å². The number of ether oxygens (including phenoxy) is 1. The number of hydrogen-bond donors (Lipinski definition) is 1. The molecule has 2 rings (SSSR count). The van der Waals surface area contributed by atoms with E-state index in [1.807, 2.05) is 0 Å². The van der Waals surface area contributed by atoms with Crippen molar-refractivity contribution in [3.05, 3.63) is 22.8 Å². The summed E-state index contributed by atoms with van der Waals surface area (Å²) in [6.45, 7) is 8.40. The smallest absolute Gasteiger partial charge is 0.145 e. The van der Waals surface area contributed by atoms with Gasteiger partial charge in [0.1, 0.15) is 12.4 Å². The number of anilines is 1. The summed E-state index contributed by atoms with van der Waals surface area (Å²) in [7, 11) is 0. The SMILES string of the molecule is CCCc1cc2c(c(C)c1CCC)OCCN2. The molecule has 2 nitrogen and oxygen atoms in total. The van der Waals surface area contributed by atoms with Gasteiger partial charge >= 0.3 is 0 Å². The van der Waals surface area contributed by atoms with E-state index in [-0.39, 0.29) is 0 Å². The highest BCUT2D eigenvalue weighted by Gasteiger charge is 2.17. The summed E-state index contributed by atoms with van der Waals surface area (Å²) >= 11 is 0. The molecule has 1 aliphatic rings. The Kier molecular flexibility index (Phi) is 3.93. The topological polar surface area (TPSA) is 21.3 Å². The minimum atomic E-state index is 0.784. The Balaban J connectivity index is 2.46. The molecule has 0 spiro atoms. The maximum atomic E-state index is 5.81. The molecule has 0 fully saturated rings. The second-order valence-corrected chi connectivity index (χ2v) is 4.79. The van der Waals surface area contributed by atoms with Gasteiger partial charge in [0.15, 0.2) is 0 Å². The number of aryl methyl sites for hydroxylation is 1. The van der Waals surface area contributed by atoms with Crippen LogP contribution in [-0.2, 0) is 12.8 Å². The van der Waals surface area contributed by atoms with Crippen LogP contribution in [-0.4, -0.2) is 13.2 Å². The zero-order valence-electron chi connectivity index (χ0n) is 11.2. The second kappa shape index (κ2) is 5.44. The van der Waals surface area contributed by atoms with Crippen molar-refractivity contribution in [3.63, 3.8) is 0 Å². The fourth-order valence-electron chi connectivity index (χ4n) is 2.65. The molecule has 17 heavy (non-hydrogen) atoms. The lowest BCUT2D eigenvalue weighted by molar-refractivity contribution is 0.320. The fourth-order valence-corrected chi connectivity index (χ4v) is 2.65. The third-order valence-corrected chi connectivity index (χ3v) is 3.43. The summed E-state index contributed by atoms with van der Waals surface area (Å²) in [5.41, 5.74) is 5.55. The Morgan fingerprint density at radius 3 is 2.71 bits per heavy atom. The summed E-state index contributed by atoms with van der Waals surface area (Å²) in [6, 6.07) is 2.30. The molecule has 0 unspecified atom stereocenters. The summed E-state index contributed by atoms with van der Waals surface area (Å²) in [5, 5.41) is 3.45. The van der Waals surface area contributed by atoms with Crippen LogP contribution in [0.5, 0.6) is 5.75 Å². The molecule has 0 radical (unpaired) electrons. The molecule has 94 valence electrons. The van der Waals surface area contributed by atoms with Gasteiger partial charge in [0.2, 0.25) is 0 Å². The molecular weight excluding hydrogens is 210 g/mol. The Morgan fingerprint density at radius 1 is 1.24 bits per heavy atom. The standard InChI is InChI=1S/C15H23NO/c1-4-6-12-10-14-15(17-9-8-16-14)11(3)13(12)7-5-2/h10,16H,4-9H2,1-3H3. The third-order valence-electron chi connectivity index (χ3n) is 3.43. The molecule has 0 saturated carbocycles. The van der Waals surface area contributed by atoms with Crippen LogP contribution in [0.15, 0.2) is 6.07 Å². The van der Waals surface area contributed by atoms with Gasteiger partial charge in [-0.1, -0.05) is 26.7 Å². The molecule has 1 aromatic rings. The summed E-state index contributed by atoms with van der Waals surface area (Å²) in [6.07, 6.45) is 4.74. The lowest BCUT2D eigenvalue weighted by atomic mass is 9.93. The van der Waals surface area contributed by atoms with Gasteiger partial charge in [-0.3, -0.25) is 0 Å². The van der Waals surface area contributed by atoms with Gasteiger partial charge in [-0.2, -0.15) is 0 Å². The maximum absolute atomic E-state index is 5.81. The molecule has 0 aromatic heterocycles. The van der Waals surface area contributed by atoms with E-state index in [9.17, 15) is 0 Å². The second-order valence-electron chi connectivity index (χ2n) is 4.79. The van der Waals surface area contributed by atoms with Crippen molar-refractivity contribution in [1.29, 1.82) is 0 Å². The van der Waals surface area contributed by atoms with E-state index in [1.54, 1.807) is 0 Å². The molecule has 1 aliphatic heterocycles. The average molecular weight is 233 g/mol. The average Bonchev–Trinajstić information content (AvgIpc) is 2.34. The van der Waals surface area contributed by atoms with Crippen molar-refractivity contribution in [2.45, 2.75) is 46.5 Å². The normalized spacial score (nSPS) is 13.8. The van der Waals surface area contributed by atoms with Gasteiger partial charge in [-0.05, 0) is 42.5 Å². The summed E-state index contributed by atoms with van der Waals surface area (Å²) < 4.78 is 5.81. The number of benzene rings is 1. The van der Waals surface area contributed by atoms with E-state index in [4.69, 9.17) is 4.74 Å². The first-order valence-electron chi connectivity index (χ1n) is 6.80. The van der Waals surface area contributed by atoms with Crippen LogP contribution in [0.3, 0.4) is 0 Å². The Bertz CT molecular complexity index is 398. The van der Waals surface area contributed by atoms with Crippen molar-refractivity contribution >= 4 is 5.69 Å². The third kappa shape index (κ3) is 2.41. The predicted octanol–water partition coefficient (Wildman–Crippen LogP) is 3.70. The molecule has 0 aliphatic carbocycles. The van der Waals surface area contributed by atoms with Crippen molar-refractivity contribution in [1.82, 2.24) is 0 Å². The molecule has 1 N–H and O–H groups in total. The highest BCUT2D eigenvalue weighted by molar-refractivity contribution is 5.65. The summed E-state index contributed by atoms with van der Waals surface area (Å²) in [4.78, 5) is 0. The van der Waals surface area contributed by atoms with Gasteiger partial charge in [0.25, 0.3) is 0 Å². The van der Waals surface area contributed by atoms with Crippen LogP contribution in [0.4, 0.5) is 5.69 Å². The minimum Gasteiger partial charge on any atom is -0.489 e. The molecule has 0 amide bonds. The maximum Gasteiger partial charge on any atom is 0.145 e. The van der Waals surface area contributed by atoms with Crippen LogP contribution in [0.1, 0.15) is 43.4 Å². The predicted molar refractivity (Wildman–Crippen MR) is 73.2 cm³/mol. The number of rotatable bonds is 4. The molecule has 0 bridgehead atoms.